The number of methoxy groups -OCH3 is 1. The summed E-state index contributed by atoms with van der Waals surface area (Å²) in [5, 5.41) is 28.1. The smallest absolute Gasteiger partial charge is 0.409 e. The fraction of sp³-hybridized carbons (Fsp3) is 0.435. The first-order valence-electron chi connectivity index (χ1n) is 11.0. The molecule has 1 aliphatic carbocycles. The second kappa shape index (κ2) is 11.7. The number of aromatic hydroxyl groups is 1. The highest BCUT2D eigenvalue weighted by Crippen LogP contribution is 2.36. The van der Waals surface area contributed by atoms with E-state index in [1.54, 1.807) is 13.1 Å². The lowest BCUT2D eigenvalue weighted by Gasteiger charge is -2.19. The predicted molar refractivity (Wildman–Crippen MR) is 122 cm³/mol. The summed E-state index contributed by atoms with van der Waals surface area (Å²) in [5.74, 6) is -0.160. The monoisotopic (exact) mass is 485 g/mol. The van der Waals surface area contributed by atoms with Gasteiger partial charge in [0.25, 0.3) is 5.91 Å². The number of nitrogens with one attached hydrogen (secondary N) is 2. The number of H-pyrrole nitrogens is 1. The molecule has 1 aromatic heterocycles. The summed E-state index contributed by atoms with van der Waals surface area (Å²) in [6, 6.07) is 6.36. The van der Waals surface area contributed by atoms with E-state index >= 15 is 0 Å². The molecule has 1 aliphatic rings. The van der Waals surface area contributed by atoms with Gasteiger partial charge in [0.05, 0.1) is 25.2 Å². The Hall–Kier alpha value is -4.27. The molecule has 12 heteroatoms. The molecule has 0 bridgehead atoms. The van der Waals surface area contributed by atoms with E-state index in [-0.39, 0.29) is 41.3 Å². The van der Waals surface area contributed by atoms with Crippen LogP contribution in [0.5, 0.6) is 17.2 Å². The van der Waals surface area contributed by atoms with Crippen molar-refractivity contribution < 1.29 is 33.7 Å². The van der Waals surface area contributed by atoms with E-state index in [4.69, 9.17) is 19.5 Å². The number of carbonyl (C=O) groups is 3. The van der Waals surface area contributed by atoms with Crippen LogP contribution in [0.3, 0.4) is 0 Å². The zero-order valence-electron chi connectivity index (χ0n) is 19.4. The summed E-state index contributed by atoms with van der Waals surface area (Å²) in [6.07, 6.45) is 2.08. The van der Waals surface area contributed by atoms with Crippen molar-refractivity contribution in [3.05, 3.63) is 29.5 Å². The molecule has 0 saturated heterocycles. The number of rotatable bonds is 10. The van der Waals surface area contributed by atoms with Crippen molar-refractivity contribution in [1.29, 1.82) is 5.26 Å². The number of aldehydes is 1. The summed E-state index contributed by atoms with van der Waals surface area (Å²) < 4.78 is 15.9. The van der Waals surface area contributed by atoms with E-state index in [2.05, 4.69) is 15.5 Å². The maximum Gasteiger partial charge on any atom is 0.409 e. The van der Waals surface area contributed by atoms with Crippen LogP contribution in [0.1, 0.15) is 47.7 Å². The van der Waals surface area contributed by atoms with Gasteiger partial charge in [-0.05, 0) is 19.3 Å². The van der Waals surface area contributed by atoms with Gasteiger partial charge in [0.2, 0.25) is 0 Å². The van der Waals surface area contributed by atoms with Gasteiger partial charge in [-0.15, -0.1) is 0 Å². The zero-order chi connectivity index (χ0) is 25.4. The second-order valence-corrected chi connectivity index (χ2v) is 8.07. The lowest BCUT2D eigenvalue weighted by molar-refractivity contribution is -0.118. The fourth-order valence-corrected chi connectivity index (χ4v) is 3.75. The molecular weight excluding hydrogens is 458 g/mol. The molecule has 0 radical (unpaired) electrons. The molecule has 35 heavy (non-hydrogen) atoms. The molecule has 12 nitrogen and oxygen atoms in total. The summed E-state index contributed by atoms with van der Waals surface area (Å²) in [5.41, 5.74) is 0.715. The lowest BCUT2D eigenvalue weighted by atomic mass is 10.0. The number of hydrogen-bond donors (Lipinski definition) is 3. The Labute approximate surface area is 201 Å². The number of aromatic amines is 1. The van der Waals surface area contributed by atoms with Gasteiger partial charge in [-0.1, -0.05) is 0 Å². The molecule has 2 amide bonds. The van der Waals surface area contributed by atoms with Crippen LogP contribution in [0.2, 0.25) is 0 Å². The van der Waals surface area contributed by atoms with Gasteiger partial charge in [-0.25, -0.2) is 4.79 Å². The van der Waals surface area contributed by atoms with E-state index in [0.717, 1.165) is 12.1 Å². The molecular formula is C23H27N5O7. The minimum Gasteiger partial charge on any atom is -0.507 e. The quantitative estimate of drug-likeness (QED) is 0.428. The highest BCUT2D eigenvalue weighted by molar-refractivity contribution is 5.91. The van der Waals surface area contributed by atoms with Crippen molar-refractivity contribution in [1.82, 2.24) is 15.1 Å². The number of nitrogens with zero attached hydrogens (tertiary/aromatic N) is 3. The van der Waals surface area contributed by atoms with Crippen LogP contribution in [0.4, 0.5) is 10.6 Å². The van der Waals surface area contributed by atoms with Gasteiger partial charge < -0.3 is 29.5 Å². The van der Waals surface area contributed by atoms with Crippen molar-refractivity contribution in [2.45, 2.75) is 37.7 Å². The molecule has 1 aromatic carbocycles. The molecule has 0 aliphatic heterocycles. The minimum atomic E-state index is -0.513. The molecule has 3 rings (SSSR count). The number of ether oxygens (including phenoxy) is 3. The molecule has 2 atom stereocenters. The van der Waals surface area contributed by atoms with Crippen LogP contribution in [-0.2, 0) is 9.53 Å². The van der Waals surface area contributed by atoms with Crippen molar-refractivity contribution in [3.8, 4) is 23.3 Å². The highest BCUT2D eigenvalue weighted by Gasteiger charge is 2.30. The van der Waals surface area contributed by atoms with Gasteiger partial charge in [-0.2, -0.15) is 10.4 Å². The first-order chi connectivity index (χ1) is 16.8. The molecule has 1 heterocycles. The normalized spacial score (nSPS) is 16.7. The van der Waals surface area contributed by atoms with E-state index in [9.17, 15) is 19.5 Å². The predicted octanol–water partition coefficient (Wildman–Crippen LogP) is 2.57. The maximum atomic E-state index is 12.3. The number of aromatic nitrogens is 2. The number of nitriles is 1. The SMILES string of the molecule is COc1cc(O)c(C=O)c(OCC(=O)Nc2cc([C@H]3CC[C@@H](OC(=O)N(C)CCC#N)C3)[nH]n2)c1. The van der Waals surface area contributed by atoms with Crippen molar-refractivity contribution in [2.24, 2.45) is 0 Å². The minimum absolute atomic E-state index is 0.0135. The molecule has 1 fully saturated rings. The summed E-state index contributed by atoms with van der Waals surface area (Å²) in [7, 11) is 2.99. The Balaban J connectivity index is 1.50. The molecule has 0 spiro atoms. The number of amides is 2. The Morgan fingerprint density at radius 1 is 1.37 bits per heavy atom. The third-order valence-electron chi connectivity index (χ3n) is 5.63. The van der Waals surface area contributed by atoms with Crippen LogP contribution in [-0.4, -0.2) is 71.9 Å². The Morgan fingerprint density at radius 3 is 2.89 bits per heavy atom. The maximum absolute atomic E-state index is 12.3. The third-order valence-corrected chi connectivity index (χ3v) is 5.63. The van der Waals surface area contributed by atoms with E-state index in [1.165, 1.54) is 24.1 Å². The largest absolute Gasteiger partial charge is 0.507 e. The van der Waals surface area contributed by atoms with E-state index < -0.39 is 18.6 Å². The summed E-state index contributed by atoms with van der Waals surface area (Å²) in [4.78, 5) is 37.0. The first-order valence-corrected chi connectivity index (χ1v) is 11.0. The van der Waals surface area contributed by atoms with Crippen LogP contribution in [0.25, 0.3) is 0 Å². The Bertz CT molecular complexity index is 1110. The lowest BCUT2D eigenvalue weighted by Crippen LogP contribution is -2.31. The van der Waals surface area contributed by atoms with Gasteiger partial charge in [0.1, 0.15) is 23.4 Å². The Morgan fingerprint density at radius 2 is 2.17 bits per heavy atom. The molecule has 186 valence electrons. The van der Waals surface area contributed by atoms with Gasteiger partial charge >= 0.3 is 6.09 Å². The van der Waals surface area contributed by atoms with E-state index in [0.29, 0.717) is 31.5 Å². The molecule has 1 saturated carbocycles. The molecule has 2 aromatic rings. The number of phenols is 1. The summed E-state index contributed by atoms with van der Waals surface area (Å²) >= 11 is 0. The first kappa shape index (κ1) is 25.4. The number of benzene rings is 1. The van der Waals surface area contributed by atoms with Gasteiger partial charge in [0.15, 0.2) is 18.7 Å². The van der Waals surface area contributed by atoms with Crippen LogP contribution in [0.15, 0.2) is 18.2 Å². The number of carbonyl (C=O) groups excluding carboxylic acids is 3. The Kier molecular flexibility index (Phi) is 8.50. The molecule has 0 unspecified atom stereocenters. The second-order valence-electron chi connectivity index (χ2n) is 8.07. The van der Waals surface area contributed by atoms with Gasteiger partial charge in [0, 0.05) is 43.4 Å². The van der Waals surface area contributed by atoms with Crippen LogP contribution >= 0.6 is 0 Å². The van der Waals surface area contributed by atoms with Gasteiger partial charge in [-0.3, -0.25) is 14.7 Å². The zero-order valence-corrected chi connectivity index (χ0v) is 19.4. The van der Waals surface area contributed by atoms with Crippen molar-refractivity contribution in [3.63, 3.8) is 0 Å². The standard InChI is InChI=1S/C23H27N5O7/c1-28(7-3-6-24)23(32)35-15-5-4-14(8-15)18-11-21(27-26-18)25-22(31)13-34-20-10-16(33-2)9-19(30)17(20)12-29/h9-12,14-15,30H,3-5,7-8,13H2,1-2H3,(H2,25,26,27,31)/t14-,15+/m0/s1. The van der Waals surface area contributed by atoms with E-state index in [1.807, 2.05) is 6.07 Å². The summed E-state index contributed by atoms with van der Waals surface area (Å²) in [6.45, 7) is -0.106. The number of phenolic OH excluding ortho intramolecular Hbond substituents is 1. The molecule has 3 N–H and O–H groups in total. The average molecular weight is 485 g/mol. The third kappa shape index (κ3) is 6.63. The fourth-order valence-electron chi connectivity index (χ4n) is 3.75. The average Bonchev–Trinajstić information content (AvgIpc) is 3.50. The highest BCUT2D eigenvalue weighted by atomic mass is 16.6. The van der Waals surface area contributed by atoms with Crippen molar-refractivity contribution >= 4 is 24.1 Å². The van der Waals surface area contributed by atoms with Crippen LogP contribution in [0, 0.1) is 11.3 Å². The number of anilines is 1. The van der Waals surface area contributed by atoms with Crippen molar-refractivity contribution in [2.75, 3.05) is 32.6 Å². The number of hydrogen-bond acceptors (Lipinski definition) is 9. The van der Waals surface area contributed by atoms with Crippen LogP contribution < -0.4 is 14.8 Å². The topological polar surface area (TPSA) is 167 Å².